The Kier molecular flexibility index (Phi) is 3.29. The van der Waals surface area contributed by atoms with E-state index in [0.717, 1.165) is 16.8 Å². The zero-order chi connectivity index (χ0) is 16.7. The van der Waals surface area contributed by atoms with Crippen molar-refractivity contribution in [2.75, 3.05) is 13.9 Å². The summed E-state index contributed by atoms with van der Waals surface area (Å²) in [6.07, 6.45) is 0. The Hall–Kier alpha value is -3.18. The lowest BCUT2D eigenvalue weighted by Crippen LogP contribution is -2.21. The zero-order valence-corrected chi connectivity index (χ0v) is 12.8. The lowest BCUT2D eigenvalue weighted by atomic mass is 9.84. The minimum atomic E-state index is -0.419. The molecule has 4 rings (SSSR count). The van der Waals surface area contributed by atoms with Gasteiger partial charge < -0.3 is 24.7 Å². The third kappa shape index (κ3) is 2.06. The number of ether oxygens (including phenoxy) is 4. The Morgan fingerprint density at radius 1 is 1.42 bits per heavy atom. The van der Waals surface area contributed by atoms with Crippen LogP contribution in [0, 0.1) is 11.3 Å². The number of fused-ring (bicyclic) bond motifs is 2. The van der Waals surface area contributed by atoms with Crippen molar-refractivity contribution in [2.24, 2.45) is 5.73 Å². The third-order valence-corrected chi connectivity index (χ3v) is 4.04. The Bertz CT molecular complexity index is 881. The topological polar surface area (TPSA) is 115 Å². The van der Waals surface area contributed by atoms with Gasteiger partial charge in [0, 0.05) is 7.11 Å². The van der Waals surface area contributed by atoms with E-state index >= 15 is 0 Å². The number of benzene rings is 1. The summed E-state index contributed by atoms with van der Waals surface area (Å²) in [5.41, 5.74) is 8.55. The van der Waals surface area contributed by atoms with Crippen molar-refractivity contribution in [1.82, 2.24) is 10.2 Å². The molecule has 1 atom stereocenters. The van der Waals surface area contributed by atoms with Crippen LogP contribution in [-0.2, 0) is 11.3 Å². The standard InChI is InChI=1S/C16H14N4O4/c1-21-6-10-14-13(8-2-3-11-12(4-8)23-7-22-11)9(5-17)15(18)24-16(14)20-19-10/h2-4,13H,6-7,18H2,1H3,(H,19,20). The maximum atomic E-state index is 9.58. The van der Waals surface area contributed by atoms with E-state index in [1.54, 1.807) is 7.11 Å². The number of hydrogen-bond acceptors (Lipinski definition) is 7. The van der Waals surface area contributed by atoms with Crippen LogP contribution >= 0.6 is 0 Å². The summed E-state index contributed by atoms with van der Waals surface area (Å²) < 4.78 is 21.5. The molecule has 2 aliphatic heterocycles. The van der Waals surface area contributed by atoms with Gasteiger partial charge in [0.15, 0.2) is 11.5 Å². The van der Waals surface area contributed by atoms with E-state index in [9.17, 15) is 5.26 Å². The highest BCUT2D eigenvalue weighted by atomic mass is 16.7. The maximum Gasteiger partial charge on any atom is 0.244 e. The van der Waals surface area contributed by atoms with Gasteiger partial charge in [0.05, 0.1) is 23.8 Å². The largest absolute Gasteiger partial charge is 0.454 e. The SMILES string of the molecule is COCc1[nH]nc2c1C(c1ccc3c(c1)OCO3)C(C#N)=C(N)O2. The lowest BCUT2D eigenvalue weighted by molar-refractivity contribution is 0.174. The molecule has 122 valence electrons. The normalized spacial score (nSPS) is 18.1. The summed E-state index contributed by atoms with van der Waals surface area (Å²) in [6.45, 7) is 0.493. The lowest BCUT2D eigenvalue weighted by Gasteiger charge is -2.24. The summed E-state index contributed by atoms with van der Waals surface area (Å²) in [7, 11) is 1.59. The van der Waals surface area contributed by atoms with E-state index < -0.39 is 5.92 Å². The van der Waals surface area contributed by atoms with Crippen molar-refractivity contribution in [3.8, 4) is 23.4 Å². The number of H-pyrrole nitrogens is 1. The molecule has 0 bridgehead atoms. The quantitative estimate of drug-likeness (QED) is 0.878. The second-order valence-corrected chi connectivity index (χ2v) is 5.39. The number of hydrogen-bond donors (Lipinski definition) is 2. The molecule has 0 saturated heterocycles. The Balaban J connectivity index is 1.89. The molecule has 3 N–H and O–H groups in total. The minimum absolute atomic E-state index is 0.0446. The Labute approximate surface area is 137 Å². The molecule has 0 amide bonds. The van der Waals surface area contributed by atoms with Gasteiger partial charge in [-0.15, -0.1) is 5.10 Å². The van der Waals surface area contributed by atoms with Crippen LogP contribution in [-0.4, -0.2) is 24.1 Å². The van der Waals surface area contributed by atoms with E-state index in [4.69, 9.17) is 24.7 Å². The van der Waals surface area contributed by atoms with Gasteiger partial charge in [-0.1, -0.05) is 6.07 Å². The first-order chi connectivity index (χ1) is 11.7. The zero-order valence-electron chi connectivity index (χ0n) is 12.8. The fraction of sp³-hybridized carbons (Fsp3) is 0.250. The average Bonchev–Trinajstić information content (AvgIpc) is 3.20. The van der Waals surface area contributed by atoms with E-state index in [1.165, 1.54) is 0 Å². The number of nitriles is 1. The van der Waals surface area contributed by atoms with E-state index in [2.05, 4.69) is 16.3 Å². The summed E-state index contributed by atoms with van der Waals surface area (Å²) >= 11 is 0. The van der Waals surface area contributed by atoms with Gasteiger partial charge >= 0.3 is 0 Å². The van der Waals surface area contributed by atoms with Crippen LogP contribution in [0.4, 0.5) is 0 Å². The molecule has 1 aromatic carbocycles. The molecule has 1 aromatic heterocycles. The number of nitrogens with two attached hydrogens (primary N) is 1. The van der Waals surface area contributed by atoms with Crippen molar-refractivity contribution in [1.29, 1.82) is 5.26 Å². The number of methoxy groups -OCH3 is 1. The van der Waals surface area contributed by atoms with Crippen LogP contribution in [0.1, 0.15) is 22.7 Å². The van der Waals surface area contributed by atoms with Gasteiger partial charge in [-0.2, -0.15) is 5.26 Å². The second kappa shape index (κ2) is 5.47. The molecule has 0 radical (unpaired) electrons. The highest BCUT2D eigenvalue weighted by molar-refractivity contribution is 5.57. The van der Waals surface area contributed by atoms with E-state index in [0.29, 0.717) is 29.6 Å². The number of rotatable bonds is 3. The van der Waals surface area contributed by atoms with Crippen molar-refractivity contribution >= 4 is 0 Å². The number of nitrogens with one attached hydrogen (secondary N) is 1. The Morgan fingerprint density at radius 2 is 2.25 bits per heavy atom. The first kappa shape index (κ1) is 14.4. The molecule has 0 spiro atoms. The number of allylic oxidation sites excluding steroid dienone is 1. The molecule has 2 aromatic rings. The summed E-state index contributed by atoms with van der Waals surface area (Å²) in [5.74, 6) is 1.28. The fourth-order valence-electron chi connectivity index (χ4n) is 2.99. The van der Waals surface area contributed by atoms with Crippen LogP contribution in [0.3, 0.4) is 0 Å². The maximum absolute atomic E-state index is 9.58. The molecule has 24 heavy (non-hydrogen) atoms. The fourth-order valence-corrected chi connectivity index (χ4v) is 2.99. The summed E-state index contributed by atoms with van der Waals surface area (Å²) in [4.78, 5) is 0. The smallest absolute Gasteiger partial charge is 0.244 e. The van der Waals surface area contributed by atoms with Gasteiger partial charge in [0.25, 0.3) is 0 Å². The van der Waals surface area contributed by atoms with Crippen molar-refractivity contribution in [2.45, 2.75) is 12.5 Å². The highest BCUT2D eigenvalue weighted by Gasteiger charge is 2.35. The molecule has 0 fully saturated rings. The first-order valence-electron chi connectivity index (χ1n) is 7.26. The summed E-state index contributed by atoms with van der Waals surface area (Å²) in [5, 5.41) is 16.6. The number of nitrogens with zero attached hydrogens (tertiary/aromatic N) is 2. The second-order valence-electron chi connectivity index (χ2n) is 5.39. The van der Waals surface area contributed by atoms with Gasteiger partial charge in [0.1, 0.15) is 11.6 Å². The molecule has 0 saturated carbocycles. The Morgan fingerprint density at radius 3 is 3.04 bits per heavy atom. The van der Waals surface area contributed by atoms with Gasteiger partial charge in [-0.05, 0) is 17.7 Å². The van der Waals surface area contributed by atoms with Crippen LogP contribution in [0.2, 0.25) is 0 Å². The van der Waals surface area contributed by atoms with Crippen LogP contribution in [0.15, 0.2) is 29.7 Å². The van der Waals surface area contributed by atoms with Crippen LogP contribution in [0.5, 0.6) is 17.4 Å². The predicted molar refractivity (Wildman–Crippen MR) is 81.2 cm³/mol. The van der Waals surface area contributed by atoms with Crippen molar-refractivity contribution in [3.05, 3.63) is 46.5 Å². The molecule has 8 heteroatoms. The molecule has 8 nitrogen and oxygen atoms in total. The summed E-state index contributed by atoms with van der Waals surface area (Å²) in [6, 6.07) is 7.68. The van der Waals surface area contributed by atoms with E-state index in [-0.39, 0.29) is 12.7 Å². The third-order valence-electron chi connectivity index (χ3n) is 4.04. The van der Waals surface area contributed by atoms with Gasteiger partial charge in [-0.25, -0.2) is 0 Å². The number of aromatic nitrogens is 2. The molecular formula is C16H14N4O4. The van der Waals surface area contributed by atoms with E-state index in [1.807, 2.05) is 18.2 Å². The highest BCUT2D eigenvalue weighted by Crippen LogP contribution is 2.45. The molecule has 1 unspecified atom stereocenters. The minimum Gasteiger partial charge on any atom is -0.454 e. The van der Waals surface area contributed by atoms with Crippen molar-refractivity contribution in [3.63, 3.8) is 0 Å². The van der Waals surface area contributed by atoms with Crippen LogP contribution < -0.4 is 19.9 Å². The number of aromatic amines is 1. The average molecular weight is 326 g/mol. The molecular weight excluding hydrogens is 312 g/mol. The predicted octanol–water partition coefficient (Wildman–Crippen LogP) is 1.50. The molecule has 3 heterocycles. The van der Waals surface area contributed by atoms with Crippen molar-refractivity contribution < 1.29 is 18.9 Å². The van der Waals surface area contributed by atoms with Crippen LogP contribution in [0.25, 0.3) is 0 Å². The van der Waals surface area contributed by atoms with Gasteiger partial charge in [0.2, 0.25) is 18.6 Å². The molecule has 0 aliphatic carbocycles. The monoisotopic (exact) mass is 326 g/mol. The first-order valence-corrected chi connectivity index (χ1v) is 7.26. The molecule has 2 aliphatic rings. The van der Waals surface area contributed by atoms with Gasteiger partial charge in [-0.3, -0.25) is 5.10 Å².